The van der Waals surface area contributed by atoms with E-state index in [9.17, 15) is 4.79 Å². The first-order valence-corrected chi connectivity index (χ1v) is 9.45. The van der Waals surface area contributed by atoms with Crippen molar-refractivity contribution in [1.29, 1.82) is 0 Å². The zero-order valence-corrected chi connectivity index (χ0v) is 14.5. The molecule has 2 atom stereocenters. The van der Waals surface area contributed by atoms with E-state index >= 15 is 0 Å². The van der Waals surface area contributed by atoms with Crippen molar-refractivity contribution in [3.05, 3.63) is 52.5 Å². The van der Waals surface area contributed by atoms with Crippen LogP contribution in [0.4, 0.5) is 0 Å². The molecule has 2 fully saturated rings. The molecule has 1 amide bonds. The molecule has 0 aromatic carbocycles. The van der Waals surface area contributed by atoms with Gasteiger partial charge in [-0.25, -0.2) is 0 Å². The van der Waals surface area contributed by atoms with Gasteiger partial charge in [0.25, 0.3) is 5.91 Å². The third kappa shape index (κ3) is 2.98. The normalized spacial score (nSPS) is 25.8. The lowest BCUT2D eigenvalue weighted by Gasteiger charge is -2.28. The summed E-state index contributed by atoms with van der Waals surface area (Å²) in [6.07, 6.45) is 5.42. The summed E-state index contributed by atoms with van der Waals surface area (Å²) >= 11 is 1.53. The van der Waals surface area contributed by atoms with Crippen LogP contribution >= 0.6 is 11.3 Å². The fraction of sp³-hybridized carbons (Fsp3) is 0.474. The lowest BCUT2D eigenvalue weighted by molar-refractivity contribution is 0.0252. The fourth-order valence-electron chi connectivity index (χ4n) is 4.20. The molecular weight excluding hydrogens is 320 g/mol. The van der Waals surface area contributed by atoms with Crippen molar-refractivity contribution in [2.24, 2.45) is 11.3 Å². The molecule has 126 valence electrons. The van der Waals surface area contributed by atoms with E-state index in [1.807, 2.05) is 40.6 Å². The van der Waals surface area contributed by atoms with Gasteiger partial charge in [-0.1, -0.05) is 18.6 Å². The van der Waals surface area contributed by atoms with Gasteiger partial charge in [-0.15, -0.1) is 11.3 Å². The Morgan fingerprint density at radius 2 is 2.33 bits per heavy atom. The van der Waals surface area contributed by atoms with E-state index in [1.165, 1.54) is 24.2 Å². The number of carbonyl (C=O) groups excluding carboxylic acids is 1. The van der Waals surface area contributed by atoms with Crippen LogP contribution in [-0.2, 0) is 11.3 Å². The Kier molecular flexibility index (Phi) is 4.37. The van der Waals surface area contributed by atoms with Crippen LogP contribution in [-0.4, -0.2) is 35.5 Å². The molecule has 1 aliphatic carbocycles. The Labute approximate surface area is 146 Å². The van der Waals surface area contributed by atoms with E-state index in [2.05, 4.69) is 4.98 Å². The molecular formula is C19H22N2O2S. The molecule has 2 aliphatic rings. The predicted molar refractivity (Wildman–Crippen MR) is 93.9 cm³/mol. The van der Waals surface area contributed by atoms with Crippen molar-refractivity contribution in [2.45, 2.75) is 25.9 Å². The van der Waals surface area contributed by atoms with E-state index in [0.717, 1.165) is 36.7 Å². The number of thiophene rings is 1. The van der Waals surface area contributed by atoms with Crippen molar-refractivity contribution in [3.8, 4) is 0 Å². The van der Waals surface area contributed by atoms with Crippen molar-refractivity contribution in [3.63, 3.8) is 0 Å². The topological polar surface area (TPSA) is 42.4 Å². The SMILES string of the molecule is O=C(c1cccs1)N1C[C@@H]2CCC[C@]2(COCc2ccccn2)C1. The van der Waals surface area contributed by atoms with Gasteiger partial charge in [-0.3, -0.25) is 9.78 Å². The predicted octanol–water partition coefficient (Wildman–Crippen LogP) is 3.60. The van der Waals surface area contributed by atoms with Gasteiger partial charge in [-0.05, 0) is 42.3 Å². The monoisotopic (exact) mass is 342 g/mol. The van der Waals surface area contributed by atoms with Gasteiger partial charge in [-0.2, -0.15) is 0 Å². The molecule has 3 heterocycles. The molecule has 24 heavy (non-hydrogen) atoms. The number of ether oxygens (including phenoxy) is 1. The molecule has 0 unspecified atom stereocenters. The summed E-state index contributed by atoms with van der Waals surface area (Å²) in [6.45, 7) is 2.98. The molecule has 1 saturated heterocycles. The Hall–Kier alpha value is -1.72. The molecule has 4 nitrogen and oxygen atoms in total. The highest BCUT2D eigenvalue weighted by molar-refractivity contribution is 7.12. The lowest BCUT2D eigenvalue weighted by Crippen LogP contribution is -2.34. The van der Waals surface area contributed by atoms with E-state index in [0.29, 0.717) is 12.5 Å². The second kappa shape index (κ2) is 6.65. The zero-order valence-electron chi connectivity index (χ0n) is 13.7. The number of pyridine rings is 1. The quantitative estimate of drug-likeness (QED) is 0.834. The molecule has 0 N–H and O–H groups in total. The number of hydrogen-bond acceptors (Lipinski definition) is 4. The number of carbonyl (C=O) groups is 1. The smallest absolute Gasteiger partial charge is 0.263 e. The number of likely N-dealkylation sites (tertiary alicyclic amines) is 1. The number of aromatic nitrogens is 1. The average Bonchev–Trinajstić information content (AvgIpc) is 3.31. The summed E-state index contributed by atoms with van der Waals surface area (Å²) in [7, 11) is 0. The number of hydrogen-bond donors (Lipinski definition) is 0. The Morgan fingerprint density at radius 3 is 3.12 bits per heavy atom. The minimum atomic E-state index is 0.141. The highest BCUT2D eigenvalue weighted by atomic mass is 32.1. The first kappa shape index (κ1) is 15.8. The van der Waals surface area contributed by atoms with Crippen LogP contribution in [0, 0.1) is 11.3 Å². The second-order valence-electron chi connectivity index (χ2n) is 6.93. The molecule has 2 aromatic rings. The van der Waals surface area contributed by atoms with Crippen LogP contribution in [0.5, 0.6) is 0 Å². The zero-order chi connectivity index (χ0) is 16.4. The van der Waals surface area contributed by atoms with Crippen molar-refractivity contribution in [1.82, 2.24) is 9.88 Å². The minimum Gasteiger partial charge on any atom is -0.375 e. The van der Waals surface area contributed by atoms with Crippen LogP contribution in [0.1, 0.15) is 34.6 Å². The molecule has 5 heteroatoms. The Bertz CT molecular complexity index is 689. The Morgan fingerprint density at radius 1 is 1.38 bits per heavy atom. The van der Waals surface area contributed by atoms with Crippen molar-refractivity contribution in [2.75, 3.05) is 19.7 Å². The first-order valence-electron chi connectivity index (χ1n) is 8.57. The molecule has 4 rings (SSSR count). The van der Waals surface area contributed by atoms with Crippen molar-refractivity contribution >= 4 is 17.2 Å². The molecule has 1 saturated carbocycles. The highest BCUT2D eigenvalue weighted by Gasteiger charge is 2.50. The third-order valence-corrected chi connectivity index (χ3v) is 6.28. The summed E-state index contributed by atoms with van der Waals surface area (Å²) in [5.74, 6) is 0.758. The summed E-state index contributed by atoms with van der Waals surface area (Å²) < 4.78 is 6.03. The average molecular weight is 342 g/mol. The van der Waals surface area contributed by atoms with Gasteiger partial charge >= 0.3 is 0 Å². The number of fused-ring (bicyclic) bond motifs is 1. The maximum absolute atomic E-state index is 12.7. The van der Waals surface area contributed by atoms with Crippen molar-refractivity contribution < 1.29 is 9.53 Å². The standard InChI is InChI=1S/C19H22N2O2S/c22-18(17-7-4-10-24-17)21-11-15-5-3-8-19(15,13-21)14-23-12-16-6-1-2-9-20-16/h1-2,4,6-7,9-10,15H,3,5,8,11-14H2/t15-,19+/m0/s1. The van der Waals surface area contributed by atoms with Crippen LogP contribution in [0.15, 0.2) is 41.9 Å². The molecule has 0 spiro atoms. The van der Waals surface area contributed by atoms with Gasteiger partial charge in [0.1, 0.15) is 0 Å². The highest BCUT2D eigenvalue weighted by Crippen LogP contribution is 2.49. The van der Waals surface area contributed by atoms with Gasteiger partial charge < -0.3 is 9.64 Å². The van der Waals surface area contributed by atoms with Crippen LogP contribution in [0.2, 0.25) is 0 Å². The van der Waals surface area contributed by atoms with Gasteiger partial charge in [0.05, 0.1) is 23.8 Å². The van der Waals surface area contributed by atoms with E-state index in [1.54, 1.807) is 6.20 Å². The van der Waals surface area contributed by atoms with Crippen LogP contribution in [0.25, 0.3) is 0 Å². The minimum absolute atomic E-state index is 0.141. The summed E-state index contributed by atoms with van der Waals surface area (Å²) in [4.78, 5) is 19.9. The molecule has 0 bridgehead atoms. The first-order chi connectivity index (χ1) is 11.8. The van der Waals surface area contributed by atoms with Gasteiger partial charge in [0.2, 0.25) is 0 Å². The van der Waals surface area contributed by atoms with E-state index in [-0.39, 0.29) is 11.3 Å². The van der Waals surface area contributed by atoms with E-state index in [4.69, 9.17) is 4.74 Å². The third-order valence-electron chi connectivity index (χ3n) is 5.42. The summed E-state index contributed by atoms with van der Waals surface area (Å²) in [5.41, 5.74) is 1.11. The molecule has 0 radical (unpaired) electrons. The van der Waals surface area contributed by atoms with Crippen LogP contribution < -0.4 is 0 Å². The van der Waals surface area contributed by atoms with E-state index < -0.39 is 0 Å². The van der Waals surface area contributed by atoms with Gasteiger partial charge in [0, 0.05) is 24.7 Å². The fourth-order valence-corrected chi connectivity index (χ4v) is 4.89. The number of rotatable bonds is 5. The van der Waals surface area contributed by atoms with Gasteiger partial charge in [0.15, 0.2) is 0 Å². The molecule has 2 aromatic heterocycles. The largest absolute Gasteiger partial charge is 0.375 e. The maximum atomic E-state index is 12.7. The number of nitrogens with zero attached hydrogens (tertiary/aromatic N) is 2. The van der Waals surface area contributed by atoms with Crippen LogP contribution in [0.3, 0.4) is 0 Å². The Balaban J connectivity index is 1.40. The second-order valence-corrected chi connectivity index (χ2v) is 7.88. The summed E-state index contributed by atoms with van der Waals surface area (Å²) in [6, 6.07) is 9.76. The maximum Gasteiger partial charge on any atom is 0.263 e. The molecule has 1 aliphatic heterocycles. The summed E-state index contributed by atoms with van der Waals surface area (Å²) in [5, 5.41) is 1.97. The lowest BCUT2D eigenvalue weighted by atomic mass is 9.81. The number of amides is 1.